The smallest absolute Gasteiger partial charge is 0.0276 e. The molecule has 0 unspecified atom stereocenters. The lowest BCUT2D eigenvalue weighted by molar-refractivity contribution is 0.495. The molecule has 2 nitrogen and oxygen atoms in total. The van der Waals surface area contributed by atoms with Crippen LogP contribution in [-0.2, 0) is 13.6 Å². The Morgan fingerprint density at radius 1 is 1.38 bits per heavy atom. The standard InChI is InChI=1S/C13H24N2S/c1-5-13(6-2,16-4)11-14-9-12-7-8-15(3)10-12/h7-8,10,14H,5-6,9,11H2,1-4H3. The molecule has 3 heteroatoms. The van der Waals surface area contributed by atoms with E-state index in [9.17, 15) is 0 Å². The lowest BCUT2D eigenvalue weighted by Gasteiger charge is -2.29. The van der Waals surface area contributed by atoms with Crippen LogP contribution < -0.4 is 5.32 Å². The Bertz CT molecular complexity index is 294. The van der Waals surface area contributed by atoms with E-state index in [2.05, 4.69) is 55.5 Å². The summed E-state index contributed by atoms with van der Waals surface area (Å²) in [6, 6.07) is 2.17. The number of thioether (sulfide) groups is 1. The van der Waals surface area contributed by atoms with Crippen molar-refractivity contribution in [2.24, 2.45) is 7.05 Å². The van der Waals surface area contributed by atoms with Crippen LogP contribution in [0.1, 0.15) is 32.3 Å². The molecule has 92 valence electrons. The number of hydrogen-bond acceptors (Lipinski definition) is 2. The summed E-state index contributed by atoms with van der Waals surface area (Å²) < 4.78 is 2.51. The Morgan fingerprint density at radius 2 is 2.06 bits per heavy atom. The van der Waals surface area contributed by atoms with Crippen molar-refractivity contribution in [2.75, 3.05) is 12.8 Å². The molecule has 16 heavy (non-hydrogen) atoms. The predicted molar refractivity (Wildman–Crippen MR) is 73.9 cm³/mol. The molecule has 1 N–H and O–H groups in total. The molecule has 0 radical (unpaired) electrons. The van der Waals surface area contributed by atoms with Crippen LogP contribution in [0.25, 0.3) is 0 Å². The van der Waals surface area contributed by atoms with Crippen molar-refractivity contribution in [1.29, 1.82) is 0 Å². The molecule has 0 aliphatic carbocycles. The number of aromatic nitrogens is 1. The van der Waals surface area contributed by atoms with Crippen LogP contribution in [0.4, 0.5) is 0 Å². The molecule has 0 saturated heterocycles. The van der Waals surface area contributed by atoms with Crippen molar-refractivity contribution in [3.05, 3.63) is 24.0 Å². The van der Waals surface area contributed by atoms with Gasteiger partial charge in [-0.15, -0.1) is 0 Å². The molecule has 1 aromatic rings. The first kappa shape index (κ1) is 13.7. The molecule has 1 heterocycles. The average Bonchev–Trinajstić information content (AvgIpc) is 2.71. The van der Waals surface area contributed by atoms with E-state index in [0.29, 0.717) is 4.75 Å². The van der Waals surface area contributed by atoms with E-state index in [1.807, 2.05) is 11.8 Å². The summed E-state index contributed by atoms with van der Waals surface area (Å²) in [7, 11) is 2.06. The highest BCUT2D eigenvalue weighted by molar-refractivity contribution is 8.00. The second kappa shape index (κ2) is 6.36. The molecule has 0 aliphatic rings. The number of nitrogens with zero attached hydrogens (tertiary/aromatic N) is 1. The topological polar surface area (TPSA) is 17.0 Å². The van der Waals surface area contributed by atoms with Gasteiger partial charge < -0.3 is 9.88 Å². The summed E-state index contributed by atoms with van der Waals surface area (Å²) in [5, 5.41) is 3.57. The fraction of sp³-hybridized carbons (Fsp3) is 0.692. The van der Waals surface area contributed by atoms with Crippen molar-refractivity contribution in [2.45, 2.75) is 38.0 Å². The Kier molecular flexibility index (Phi) is 5.42. The van der Waals surface area contributed by atoms with Gasteiger partial charge in [-0.3, -0.25) is 0 Å². The zero-order chi connectivity index (χ0) is 12.0. The normalized spacial score (nSPS) is 12.0. The van der Waals surface area contributed by atoms with Crippen LogP contribution in [0.5, 0.6) is 0 Å². The summed E-state index contributed by atoms with van der Waals surface area (Å²) in [4.78, 5) is 0. The summed E-state index contributed by atoms with van der Waals surface area (Å²) in [6.45, 7) is 6.63. The van der Waals surface area contributed by atoms with E-state index in [0.717, 1.165) is 13.1 Å². The molecule has 0 atom stereocenters. The quantitative estimate of drug-likeness (QED) is 0.789. The summed E-state index contributed by atoms with van der Waals surface area (Å²) in [6.07, 6.45) is 8.94. The van der Waals surface area contributed by atoms with Crippen molar-refractivity contribution < 1.29 is 0 Å². The Balaban J connectivity index is 2.39. The van der Waals surface area contributed by atoms with Gasteiger partial charge in [-0.25, -0.2) is 0 Å². The van der Waals surface area contributed by atoms with Gasteiger partial charge in [-0.05, 0) is 30.7 Å². The first-order valence-corrected chi connectivity index (χ1v) is 7.25. The second-order valence-electron chi connectivity index (χ2n) is 4.38. The highest BCUT2D eigenvalue weighted by Gasteiger charge is 2.23. The Hall–Kier alpha value is -0.410. The number of hydrogen-bond donors (Lipinski definition) is 1. The third-order valence-corrected chi connectivity index (χ3v) is 4.98. The first-order valence-electron chi connectivity index (χ1n) is 6.02. The fourth-order valence-electron chi connectivity index (χ4n) is 1.96. The van der Waals surface area contributed by atoms with E-state index >= 15 is 0 Å². The summed E-state index contributed by atoms with van der Waals surface area (Å²) in [5.74, 6) is 0. The lowest BCUT2D eigenvalue weighted by atomic mass is 10.0. The zero-order valence-corrected chi connectivity index (χ0v) is 11.7. The predicted octanol–water partition coefficient (Wildman–Crippen LogP) is 3.04. The summed E-state index contributed by atoms with van der Waals surface area (Å²) >= 11 is 1.99. The van der Waals surface area contributed by atoms with Gasteiger partial charge in [-0.1, -0.05) is 13.8 Å². The maximum Gasteiger partial charge on any atom is 0.0276 e. The molecule has 0 aliphatic heterocycles. The van der Waals surface area contributed by atoms with Crippen molar-refractivity contribution in [3.8, 4) is 0 Å². The van der Waals surface area contributed by atoms with E-state index < -0.39 is 0 Å². The third kappa shape index (κ3) is 3.56. The van der Waals surface area contributed by atoms with Gasteiger partial charge in [0, 0.05) is 37.3 Å². The van der Waals surface area contributed by atoms with Crippen LogP contribution in [0, 0.1) is 0 Å². The Morgan fingerprint density at radius 3 is 2.50 bits per heavy atom. The molecule has 0 aromatic carbocycles. The molecule has 0 fully saturated rings. The number of rotatable bonds is 7. The van der Waals surface area contributed by atoms with Crippen LogP contribution >= 0.6 is 11.8 Å². The van der Waals surface area contributed by atoms with Gasteiger partial charge in [0.1, 0.15) is 0 Å². The number of aryl methyl sites for hydroxylation is 1. The van der Waals surface area contributed by atoms with Crippen molar-refractivity contribution in [1.82, 2.24) is 9.88 Å². The lowest BCUT2D eigenvalue weighted by Crippen LogP contribution is -2.36. The van der Waals surface area contributed by atoms with Crippen LogP contribution in [-0.4, -0.2) is 22.1 Å². The number of nitrogens with one attached hydrogen (secondary N) is 1. The maximum absolute atomic E-state index is 3.57. The zero-order valence-electron chi connectivity index (χ0n) is 10.9. The monoisotopic (exact) mass is 240 g/mol. The van der Waals surface area contributed by atoms with Gasteiger partial charge in [0.25, 0.3) is 0 Å². The highest BCUT2D eigenvalue weighted by Crippen LogP contribution is 2.29. The van der Waals surface area contributed by atoms with Gasteiger partial charge in [0.2, 0.25) is 0 Å². The van der Waals surface area contributed by atoms with E-state index in [1.54, 1.807) is 0 Å². The first-order chi connectivity index (χ1) is 7.65. The van der Waals surface area contributed by atoms with E-state index in [-0.39, 0.29) is 0 Å². The minimum atomic E-state index is 0.411. The molecule has 0 saturated carbocycles. The minimum absolute atomic E-state index is 0.411. The largest absolute Gasteiger partial charge is 0.357 e. The third-order valence-electron chi connectivity index (χ3n) is 3.39. The minimum Gasteiger partial charge on any atom is -0.357 e. The molecule has 0 amide bonds. The van der Waals surface area contributed by atoms with Crippen LogP contribution in [0.15, 0.2) is 18.5 Å². The van der Waals surface area contributed by atoms with Crippen LogP contribution in [0.2, 0.25) is 0 Å². The van der Waals surface area contributed by atoms with Gasteiger partial charge in [0.05, 0.1) is 0 Å². The van der Waals surface area contributed by atoms with E-state index in [1.165, 1.54) is 18.4 Å². The molecular weight excluding hydrogens is 216 g/mol. The molecular formula is C13H24N2S. The molecule has 1 aromatic heterocycles. The van der Waals surface area contributed by atoms with Gasteiger partial charge in [0.15, 0.2) is 0 Å². The second-order valence-corrected chi connectivity index (χ2v) is 5.66. The van der Waals surface area contributed by atoms with E-state index in [4.69, 9.17) is 0 Å². The van der Waals surface area contributed by atoms with Gasteiger partial charge in [-0.2, -0.15) is 11.8 Å². The maximum atomic E-state index is 3.57. The molecule has 1 rings (SSSR count). The van der Waals surface area contributed by atoms with Crippen LogP contribution in [0.3, 0.4) is 0 Å². The fourth-order valence-corrected chi connectivity index (χ4v) is 2.78. The SMILES string of the molecule is CCC(CC)(CNCc1ccn(C)c1)SC. The Labute approximate surface area is 104 Å². The van der Waals surface area contributed by atoms with Crippen molar-refractivity contribution in [3.63, 3.8) is 0 Å². The highest BCUT2D eigenvalue weighted by atomic mass is 32.2. The van der Waals surface area contributed by atoms with Crippen molar-refractivity contribution >= 4 is 11.8 Å². The average molecular weight is 240 g/mol. The molecule has 0 spiro atoms. The van der Waals surface area contributed by atoms with Gasteiger partial charge >= 0.3 is 0 Å². The molecule has 0 bridgehead atoms. The summed E-state index contributed by atoms with van der Waals surface area (Å²) in [5.41, 5.74) is 1.37.